The van der Waals surface area contributed by atoms with Gasteiger partial charge >= 0.3 is 5.97 Å². The molecule has 0 radical (unpaired) electrons. The molecule has 1 aliphatic heterocycles. The summed E-state index contributed by atoms with van der Waals surface area (Å²) in [7, 11) is 0. The fourth-order valence-corrected chi connectivity index (χ4v) is 2.03. The molecule has 1 saturated heterocycles. The Hall–Kier alpha value is -1.32. The Kier molecular flexibility index (Phi) is 5.02. The number of carbonyl (C=O) groups excluding carboxylic acids is 1. The van der Waals surface area contributed by atoms with Crippen molar-refractivity contribution in [1.82, 2.24) is 4.90 Å². The van der Waals surface area contributed by atoms with Gasteiger partial charge in [-0.2, -0.15) is 0 Å². The number of carboxylic acids is 1. The fraction of sp³-hybridized carbons (Fsp3) is 0.667. The average Bonchev–Trinajstić information content (AvgIpc) is 2.50. The van der Waals surface area contributed by atoms with E-state index in [2.05, 4.69) is 6.58 Å². The van der Waals surface area contributed by atoms with E-state index in [0.717, 1.165) is 19.3 Å². The van der Waals surface area contributed by atoms with Gasteiger partial charge in [0.2, 0.25) is 5.91 Å². The zero-order valence-corrected chi connectivity index (χ0v) is 9.52. The minimum Gasteiger partial charge on any atom is -0.480 e. The quantitative estimate of drug-likeness (QED) is 0.742. The molecule has 0 spiro atoms. The molecule has 1 unspecified atom stereocenters. The highest BCUT2D eigenvalue weighted by molar-refractivity contribution is 5.83. The topological polar surface area (TPSA) is 57.6 Å². The van der Waals surface area contributed by atoms with Crippen LogP contribution in [-0.2, 0) is 9.59 Å². The normalized spacial score (nSPS) is 21.2. The monoisotopic (exact) mass is 225 g/mol. The maximum absolute atomic E-state index is 11.8. The van der Waals surface area contributed by atoms with Gasteiger partial charge in [0.05, 0.1) is 0 Å². The number of nitrogens with zero attached hydrogens (tertiary/aromatic N) is 1. The third-order valence-corrected chi connectivity index (χ3v) is 2.92. The van der Waals surface area contributed by atoms with Gasteiger partial charge in [-0.3, -0.25) is 4.79 Å². The molecule has 1 fully saturated rings. The van der Waals surface area contributed by atoms with Crippen molar-refractivity contribution in [2.45, 2.75) is 44.6 Å². The van der Waals surface area contributed by atoms with Gasteiger partial charge in [-0.05, 0) is 19.3 Å². The van der Waals surface area contributed by atoms with Crippen LogP contribution < -0.4 is 0 Å². The van der Waals surface area contributed by atoms with Crippen LogP contribution in [0.5, 0.6) is 0 Å². The molecule has 0 aromatic carbocycles. The van der Waals surface area contributed by atoms with Gasteiger partial charge in [0.25, 0.3) is 0 Å². The molecule has 1 N–H and O–H groups in total. The van der Waals surface area contributed by atoms with Crippen molar-refractivity contribution >= 4 is 11.9 Å². The van der Waals surface area contributed by atoms with E-state index in [1.165, 1.54) is 4.90 Å². The second-order valence-electron chi connectivity index (χ2n) is 4.12. The minimum atomic E-state index is -0.881. The summed E-state index contributed by atoms with van der Waals surface area (Å²) >= 11 is 0. The Balaban J connectivity index is 2.66. The van der Waals surface area contributed by atoms with Gasteiger partial charge in [-0.15, -0.1) is 6.58 Å². The standard InChI is InChI=1S/C12H19NO3/c1-2-3-8-11(14)13-9-6-4-5-7-10(13)12(15)16/h2,10H,1,3-9H2,(H,15,16). The lowest BCUT2D eigenvalue weighted by Crippen LogP contribution is -2.44. The van der Waals surface area contributed by atoms with Gasteiger partial charge in [-0.1, -0.05) is 18.9 Å². The van der Waals surface area contributed by atoms with Crippen LogP contribution in [0.4, 0.5) is 0 Å². The Morgan fingerprint density at radius 2 is 2.12 bits per heavy atom. The molecule has 1 amide bonds. The smallest absolute Gasteiger partial charge is 0.326 e. The van der Waals surface area contributed by atoms with Crippen LogP contribution in [0.25, 0.3) is 0 Å². The number of carbonyl (C=O) groups is 2. The summed E-state index contributed by atoms with van der Waals surface area (Å²) in [5.41, 5.74) is 0. The molecule has 0 aromatic heterocycles. The molecule has 1 heterocycles. The van der Waals surface area contributed by atoms with E-state index in [9.17, 15) is 9.59 Å². The molecular weight excluding hydrogens is 206 g/mol. The van der Waals surface area contributed by atoms with Gasteiger partial charge in [0, 0.05) is 13.0 Å². The SMILES string of the molecule is C=CCCC(=O)N1CCCCCC1C(=O)O. The number of allylic oxidation sites excluding steroid dienone is 1. The highest BCUT2D eigenvalue weighted by atomic mass is 16.4. The lowest BCUT2D eigenvalue weighted by molar-refractivity contribution is -0.150. The number of aliphatic carboxylic acids is 1. The van der Waals surface area contributed by atoms with Gasteiger partial charge in [0.1, 0.15) is 6.04 Å². The highest BCUT2D eigenvalue weighted by Crippen LogP contribution is 2.18. The summed E-state index contributed by atoms with van der Waals surface area (Å²) < 4.78 is 0. The summed E-state index contributed by atoms with van der Waals surface area (Å²) in [6.45, 7) is 4.14. The molecule has 0 saturated carbocycles. The summed E-state index contributed by atoms with van der Waals surface area (Å²) in [5.74, 6) is -0.942. The first-order valence-electron chi connectivity index (χ1n) is 5.80. The molecule has 1 rings (SSSR count). The molecule has 1 aliphatic rings. The van der Waals surface area contributed by atoms with E-state index in [4.69, 9.17) is 5.11 Å². The molecular formula is C12H19NO3. The number of hydrogen-bond donors (Lipinski definition) is 1. The van der Waals surface area contributed by atoms with Gasteiger partial charge in [0.15, 0.2) is 0 Å². The summed E-state index contributed by atoms with van der Waals surface area (Å²) in [6, 6.07) is -0.625. The van der Waals surface area contributed by atoms with E-state index in [1.807, 2.05) is 0 Å². The van der Waals surface area contributed by atoms with Crippen LogP contribution >= 0.6 is 0 Å². The van der Waals surface area contributed by atoms with E-state index in [1.54, 1.807) is 6.08 Å². The third kappa shape index (κ3) is 3.36. The lowest BCUT2D eigenvalue weighted by Gasteiger charge is -2.26. The van der Waals surface area contributed by atoms with Crippen LogP contribution in [0.3, 0.4) is 0 Å². The van der Waals surface area contributed by atoms with E-state index >= 15 is 0 Å². The van der Waals surface area contributed by atoms with Gasteiger partial charge < -0.3 is 10.0 Å². The predicted molar refractivity (Wildman–Crippen MR) is 61.0 cm³/mol. The number of carboxylic acid groups (broad SMARTS) is 1. The lowest BCUT2D eigenvalue weighted by atomic mass is 10.1. The Morgan fingerprint density at radius 1 is 1.38 bits per heavy atom. The van der Waals surface area contributed by atoms with Crippen molar-refractivity contribution in [2.75, 3.05) is 6.54 Å². The van der Waals surface area contributed by atoms with E-state index < -0.39 is 12.0 Å². The van der Waals surface area contributed by atoms with E-state index in [-0.39, 0.29) is 5.91 Å². The summed E-state index contributed by atoms with van der Waals surface area (Å²) in [4.78, 5) is 24.4. The number of likely N-dealkylation sites (tertiary alicyclic amines) is 1. The Labute approximate surface area is 95.9 Å². The summed E-state index contributed by atoms with van der Waals surface area (Å²) in [6.07, 6.45) is 6.05. The molecule has 0 bridgehead atoms. The largest absolute Gasteiger partial charge is 0.480 e. The molecule has 0 aromatic rings. The van der Waals surface area contributed by atoms with Crippen molar-refractivity contribution in [3.05, 3.63) is 12.7 Å². The van der Waals surface area contributed by atoms with Gasteiger partial charge in [-0.25, -0.2) is 4.79 Å². The molecule has 0 aliphatic carbocycles. The van der Waals surface area contributed by atoms with Crippen molar-refractivity contribution in [2.24, 2.45) is 0 Å². The molecule has 4 heteroatoms. The number of amides is 1. The van der Waals surface area contributed by atoms with Crippen molar-refractivity contribution in [1.29, 1.82) is 0 Å². The molecule has 1 atom stereocenters. The first-order valence-corrected chi connectivity index (χ1v) is 5.80. The van der Waals surface area contributed by atoms with Crippen LogP contribution in [0, 0.1) is 0 Å². The second kappa shape index (κ2) is 6.30. The van der Waals surface area contributed by atoms with Crippen LogP contribution in [-0.4, -0.2) is 34.5 Å². The van der Waals surface area contributed by atoms with Crippen molar-refractivity contribution in [3.63, 3.8) is 0 Å². The molecule has 90 valence electrons. The average molecular weight is 225 g/mol. The molecule has 16 heavy (non-hydrogen) atoms. The first kappa shape index (κ1) is 12.7. The first-order chi connectivity index (χ1) is 7.66. The molecule has 4 nitrogen and oxygen atoms in total. The zero-order valence-electron chi connectivity index (χ0n) is 9.52. The van der Waals surface area contributed by atoms with Crippen LogP contribution in [0.1, 0.15) is 38.5 Å². The third-order valence-electron chi connectivity index (χ3n) is 2.92. The van der Waals surface area contributed by atoms with E-state index in [0.29, 0.717) is 25.8 Å². The fourth-order valence-electron chi connectivity index (χ4n) is 2.03. The van der Waals surface area contributed by atoms with Crippen molar-refractivity contribution < 1.29 is 14.7 Å². The maximum Gasteiger partial charge on any atom is 0.326 e. The summed E-state index contributed by atoms with van der Waals surface area (Å²) in [5, 5.41) is 9.09. The number of rotatable bonds is 4. The Bertz CT molecular complexity index is 275. The minimum absolute atomic E-state index is 0.0609. The predicted octanol–water partition coefficient (Wildman–Crippen LogP) is 1.81. The highest BCUT2D eigenvalue weighted by Gasteiger charge is 2.29. The number of hydrogen-bond acceptors (Lipinski definition) is 2. The zero-order chi connectivity index (χ0) is 12.0. The van der Waals surface area contributed by atoms with Crippen LogP contribution in [0.2, 0.25) is 0 Å². The second-order valence-corrected chi connectivity index (χ2v) is 4.12. The van der Waals surface area contributed by atoms with Crippen LogP contribution in [0.15, 0.2) is 12.7 Å². The Morgan fingerprint density at radius 3 is 2.75 bits per heavy atom. The van der Waals surface area contributed by atoms with Crippen molar-refractivity contribution in [3.8, 4) is 0 Å². The maximum atomic E-state index is 11.8.